The minimum Gasteiger partial charge on any atom is -0.431 e. The lowest BCUT2D eigenvalue weighted by atomic mass is 10.3. The first-order chi connectivity index (χ1) is 12.9. The zero-order valence-corrected chi connectivity index (χ0v) is 16.3. The Bertz CT molecular complexity index is 1220. The number of fused-ring (bicyclic) bond motifs is 1. The fourth-order valence-electron chi connectivity index (χ4n) is 2.40. The van der Waals surface area contributed by atoms with Gasteiger partial charge in [0.2, 0.25) is 0 Å². The molecule has 4 aromatic rings. The lowest BCUT2D eigenvalue weighted by molar-refractivity contribution is 0.489. The standard InChI is InChI=1S/C16H12ClN5O3S2/c1-27(23,24)12-5-3-11(4-6-12)22-15(19-20-21-22)9-26-16-18-13-8-10(17)2-7-14(13)25-16/h2-8H,9H2,1H3. The SMILES string of the molecule is CS(=O)(=O)c1ccc(-n2nnnc2CSc2nc3cc(Cl)ccc3o2)cc1. The number of nitrogens with zero attached hydrogens (tertiary/aromatic N) is 5. The second-order valence-corrected chi connectivity index (χ2v) is 9.03. The summed E-state index contributed by atoms with van der Waals surface area (Å²) in [6.45, 7) is 0. The molecule has 0 saturated carbocycles. The zero-order valence-electron chi connectivity index (χ0n) is 13.9. The zero-order chi connectivity index (χ0) is 19.0. The molecule has 0 bridgehead atoms. The molecule has 0 aliphatic heterocycles. The van der Waals surface area contributed by atoms with E-state index in [4.69, 9.17) is 16.0 Å². The molecule has 138 valence electrons. The van der Waals surface area contributed by atoms with Crippen LogP contribution in [0, 0.1) is 0 Å². The van der Waals surface area contributed by atoms with Gasteiger partial charge in [-0.1, -0.05) is 23.4 Å². The molecule has 0 fully saturated rings. The second kappa shape index (κ2) is 6.95. The summed E-state index contributed by atoms with van der Waals surface area (Å²) in [7, 11) is -3.26. The molecule has 8 nitrogen and oxygen atoms in total. The minimum absolute atomic E-state index is 0.236. The fourth-order valence-corrected chi connectivity index (χ4v) is 3.94. The molecule has 0 saturated heterocycles. The van der Waals surface area contributed by atoms with Crippen LogP contribution in [0.1, 0.15) is 5.82 Å². The molecule has 0 aliphatic rings. The molecule has 0 atom stereocenters. The smallest absolute Gasteiger partial charge is 0.257 e. The Morgan fingerprint density at radius 3 is 2.70 bits per heavy atom. The van der Waals surface area contributed by atoms with Crippen molar-refractivity contribution in [1.82, 2.24) is 25.2 Å². The highest BCUT2D eigenvalue weighted by Crippen LogP contribution is 2.27. The Kier molecular flexibility index (Phi) is 4.62. The summed E-state index contributed by atoms with van der Waals surface area (Å²) in [5.41, 5.74) is 1.99. The average Bonchev–Trinajstić information content (AvgIpc) is 3.25. The van der Waals surface area contributed by atoms with Gasteiger partial charge in [0.05, 0.1) is 16.3 Å². The van der Waals surface area contributed by atoms with Crippen molar-refractivity contribution in [3.8, 4) is 5.69 Å². The van der Waals surface area contributed by atoms with Crippen molar-refractivity contribution in [2.45, 2.75) is 15.9 Å². The van der Waals surface area contributed by atoms with Crippen molar-refractivity contribution in [1.29, 1.82) is 0 Å². The molecule has 0 radical (unpaired) electrons. The van der Waals surface area contributed by atoms with E-state index >= 15 is 0 Å². The van der Waals surface area contributed by atoms with Gasteiger partial charge in [-0.3, -0.25) is 0 Å². The number of rotatable bonds is 5. The van der Waals surface area contributed by atoms with Crippen LogP contribution in [0.25, 0.3) is 16.8 Å². The number of hydrogen-bond donors (Lipinski definition) is 0. The van der Waals surface area contributed by atoms with Gasteiger partial charge in [0, 0.05) is 11.3 Å². The second-order valence-electron chi connectivity index (χ2n) is 5.65. The molecular weight excluding hydrogens is 410 g/mol. The van der Waals surface area contributed by atoms with Crippen LogP contribution in [-0.4, -0.2) is 39.9 Å². The van der Waals surface area contributed by atoms with E-state index in [1.54, 1.807) is 35.0 Å². The monoisotopic (exact) mass is 421 g/mol. The Morgan fingerprint density at radius 1 is 1.19 bits per heavy atom. The van der Waals surface area contributed by atoms with Crippen LogP contribution in [0.15, 0.2) is 57.0 Å². The normalized spacial score (nSPS) is 11.9. The van der Waals surface area contributed by atoms with Gasteiger partial charge in [-0.05, 0) is 52.9 Å². The summed E-state index contributed by atoms with van der Waals surface area (Å²) < 4.78 is 30.4. The van der Waals surface area contributed by atoms with Crippen molar-refractivity contribution < 1.29 is 12.8 Å². The highest BCUT2D eigenvalue weighted by molar-refractivity contribution is 7.98. The van der Waals surface area contributed by atoms with E-state index in [-0.39, 0.29) is 4.90 Å². The number of aromatic nitrogens is 5. The first kappa shape index (κ1) is 18.0. The molecule has 2 aromatic carbocycles. The van der Waals surface area contributed by atoms with Gasteiger partial charge in [0.15, 0.2) is 21.2 Å². The van der Waals surface area contributed by atoms with Crippen LogP contribution in [0.4, 0.5) is 0 Å². The van der Waals surface area contributed by atoms with Crippen molar-refractivity contribution in [3.63, 3.8) is 0 Å². The maximum absolute atomic E-state index is 11.6. The van der Waals surface area contributed by atoms with Crippen LogP contribution in [0.5, 0.6) is 0 Å². The Morgan fingerprint density at radius 2 is 1.96 bits per heavy atom. The van der Waals surface area contributed by atoms with E-state index in [1.165, 1.54) is 23.9 Å². The topological polar surface area (TPSA) is 104 Å². The van der Waals surface area contributed by atoms with Crippen LogP contribution >= 0.6 is 23.4 Å². The number of oxazole rings is 1. The van der Waals surface area contributed by atoms with Gasteiger partial charge in [-0.25, -0.2) is 13.4 Å². The molecule has 2 heterocycles. The highest BCUT2D eigenvalue weighted by Gasteiger charge is 2.13. The third-order valence-corrected chi connectivity index (χ3v) is 5.89. The summed E-state index contributed by atoms with van der Waals surface area (Å²) in [5, 5.41) is 12.8. The molecule has 4 rings (SSSR count). The first-order valence-electron chi connectivity index (χ1n) is 7.67. The quantitative estimate of drug-likeness (QED) is 0.452. The predicted octanol–water partition coefficient (Wildman–Crippen LogP) is 3.15. The van der Waals surface area contributed by atoms with E-state index in [0.29, 0.717) is 38.6 Å². The summed E-state index contributed by atoms with van der Waals surface area (Å²) in [4.78, 5) is 4.62. The molecule has 2 aromatic heterocycles. The predicted molar refractivity (Wildman–Crippen MR) is 101 cm³/mol. The van der Waals surface area contributed by atoms with Gasteiger partial charge >= 0.3 is 0 Å². The van der Waals surface area contributed by atoms with Crippen LogP contribution in [0.3, 0.4) is 0 Å². The van der Waals surface area contributed by atoms with E-state index < -0.39 is 9.84 Å². The fraction of sp³-hybridized carbons (Fsp3) is 0.125. The van der Waals surface area contributed by atoms with Gasteiger partial charge in [-0.15, -0.1) is 5.10 Å². The lowest BCUT2D eigenvalue weighted by Crippen LogP contribution is -2.03. The maximum atomic E-state index is 11.6. The number of halogens is 1. The largest absolute Gasteiger partial charge is 0.431 e. The third-order valence-electron chi connectivity index (χ3n) is 3.70. The Labute approximate surface area is 163 Å². The minimum atomic E-state index is -3.26. The molecular formula is C16H12ClN5O3S2. The average molecular weight is 422 g/mol. The van der Waals surface area contributed by atoms with Crippen LogP contribution in [-0.2, 0) is 15.6 Å². The van der Waals surface area contributed by atoms with Gasteiger partial charge in [0.1, 0.15) is 5.52 Å². The Balaban J connectivity index is 1.55. The van der Waals surface area contributed by atoms with Crippen molar-refractivity contribution in [2.75, 3.05) is 6.26 Å². The van der Waals surface area contributed by atoms with Crippen molar-refractivity contribution in [2.24, 2.45) is 0 Å². The van der Waals surface area contributed by atoms with Crippen LogP contribution < -0.4 is 0 Å². The summed E-state index contributed by atoms with van der Waals surface area (Å²) in [6.07, 6.45) is 1.16. The van der Waals surface area contributed by atoms with E-state index in [1.807, 2.05) is 0 Å². The summed E-state index contributed by atoms with van der Waals surface area (Å²) >= 11 is 7.30. The van der Waals surface area contributed by atoms with Gasteiger partial charge < -0.3 is 4.42 Å². The van der Waals surface area contributed by atoms with E-state index in [0.717, 1.165) is 6.26 Å². The van der Waals surface area contributed by atoms with Gasteiger partial charge in [-0.2, -0.15) is 4.68 Å². The maximum Gasteiger partial charge on any atom is 0.257 e. The molecule has 0 spiro atoms. The third kappa shape index (κ3) is 3.82. The number of thioether (sulfide) groups is 1. The number of tetrazole rings is 1. The van der Waals surface area contributed by atoms with Crippen molar-refractivity contribution >= 4 is 44.3 Å². The van der Waals surface area contributed by atoms with Crippen LogP contribution in [0.2, 0.25) is 5.02 Å². The highest BCUT2D eigenvalue weighted by atomic mass is 35.5. The number of benzene rings is 2. The number of sulfone groups is 1. The van der Waals surface area contributed by atoms with E-state index in [2.05, 4.69) is 20.5 Å². The molecule has 0 unspecified atom stereocenters. The first-order valence-corrected chi connectivity index (χ1v) is 10.9. The molecule has 0 amide bonds. The van der Waals surface area contributed by atoms with Gasteiger partial charge in [0.25, 0.3) is 5.22 Å². The molecule has 0 aliphatic carbocycles. The molecule has 11 heteroatoms. The summed E-state index contributed by atoms with van der Waals surface area (Å²) in [6, 6.07) is 11.6. The Hall–Kier alpha value is -2.43. The van der Waals surface area contributed by atoms with E-state index in [9.17, 15) is 8.42 Å². The lowest BCUT2D eigenvalue weighted by Gasteiger charge is -2.04. The molecule has 0 N–H and O–H groups in total. The number of hydrogen-bond acceptors (Lipinski definition) is 8. The van der Waals surface area contributed by atoms with Crippen molar-refractivity contribution in [3.05, 3.63) is 53.3 Å². The molecule has 27 heavy (non-hydrogen) atoms. The summed E-state index contributed by atoms with van der Waals surface area (Å²) in [5.74, 6) is 0.994.